The molecule has 0 N–H and O–H groups in total. The van der Waals surface area contributed by atoms with Crippen LogP contribution < -0.4 is 4.74 Å². The van der Waals surface area contributed by atoms with E-state index < -0.39 is 11.0 Å². The number of carbonyl (C=O) groups is 1. The van der Waals surface area contributed by atoms with Gasteiger partial charge >= 0.3 is 0 Å². The molecule has 1 atom stereocenters. The Balaban J connectivity index is 2.07. The molecule has 6 nitrogen and oxygen atoms in total. The molecule has 0 fully saturated rings. The monoisotopic (exact) mass is 362 g/mol. The number of nitro groups is 1. The van der Waals surface area contributed by atoms with E-state index in [1.54, 1.807) is 20.0 Å². The number of ether oxygens (including phenoxy) is 1. The van der Waals surface area contributed by atoms with Gasteiger partial charge in [0.1, 0.15) is 5.75 Å². The summed E-state index contributed by atoms with van der Waals surface area (Å²) in [5.74, 6) is 0.367. The number of hydrogen-bond acceptors (Lipinski definition) is 4. The van der Waals surface area contributed by atoms with Crippen molar-refractivity contribution in [1.82, 2.24) is 4.90 Å². The zero-order valence-corrected chi connectivity index (χ0v) is 15.0. The molecule has 2 rings (SSSR count). The number of rotatable bonds is 6. The molecule has 0 aromatic heterocycles. The minimum Gasteiger partial charge on any atom is -0.481 e. The van der Waals surface area contributed by atoms with Gasteiger partial charge in [-0.3, -0.25) is 14.9 Å². The Labute approximate surface area is 151 Å². The summed E-state index contributed by atoms with van der Waals surface area (Å²) < 4.78 is 5.68. The van der Waals surface area contributed by atoms with Crippen LogP contribution >= 0.6 is 11.6 Å². The van der Waals surface area contributed by atoms with E-state index in [1.807, 2.05) is 25.1 Å². The molecule has 0 aliphatic carbocycles. The van der Waals surface area contributed by atoms with Gasteiger partial charge < -0.3 is 9.64 Å². The molecular formula is C18H19ClN2O4. The van der Waals surface area contributed by atoms with Crippen LogP contribution in [0.15, 0.2) is 42.5 Å². The van der Waals surface area contributed by atoms with Crippen molar-refractivity contribution in [3.05, 3.63) is 68.7 Å². The smallest absolute Gasteiger partial charge is 0.269 e. The second-order valence-corrected chi connectivity index (χ2v) is 6.21. The fraction of sp³-hybridized carbons (Fsp3) is 0.278. The normalized spacial score (nSPS) is 11.7. The highest BCUT2D eigenvalue weighted by molar-refractivity contribution is 6.31. The standard InChI is InChI=1S/C18H19ClN2O4/c1-12-5-4-6-16(9-12)25-13(2)18(22)20(3)11-14-10-15(21(23)24)7-8-17(14)19/h4-10,13H,11H2,1-3H3. The molecule has 0 aliphatic heterocycles. The Bertz CT molecular complexity index is 794. The lowest BCUT2D eigenvalue weighted by atomic mass is 10.2. The Kier molecular flexibility index (Phi) is 5.98. The van der Waals surface area contributed by atoms with Gasteiger partial charge in [0.25, 0.3) is 11.6 Å². The minimum atomic E-state index is -0.690. The number of carbonyl (C=O) groups excluding carboxylic acids is 1. The second-order valence-electron chi connectivity index (χ2n) is 5.80. The summed E-state index contributed by atoms with van der Waals surface area (Å²) in [6, 6.07) is 11.6. The minimum absolute atomic E-state index is 0.0655. The average molecular weight is 363 g/mol. The number of non-ortho nitro benzene ring substituents is 1. The van der Waals surface area contributed by atoms with E-state index in [1.165, 1.54) is 23.1 Å². The largest absolute Gasteiger partial charge is 0.481 e. The Morgan fingerprint density at radius 1 is 1.32 bits per heavy atom. The first-order chi connectivity index (χ1) is 11.8. The van der Waals surface area contributed by atoms with E-state index in [0.29, 0.717) is 16.3 Å². The summed E-state index contributed by atoms with van der Waals surface area (Å²) in [4.78, 5) is 24.3. The van der Waals surface area contributed by atoms with Crippen LogP contribution in [0.25, 0.3) is 0 Å². The third-order valence-corrected chi connectivity index (χ3v) is 4.04. The summed E-state index contributed by atoms with van der Waals surface area (Å²) >= 11 is 6.08. The van der Waals surface area contributed by atoms with E-state index in [-0.39, 0.29) is 18.1 Å². The van der Waals surface area contributed by atoms with Gasteiger partial charge in [-0.25, -0.2) is 0 Å². The predicted molar refractivity (Wildman–Crippen MR) is 95.8 cm³/mol. The molecule has 0 bridgehead atoms. The molecule has 0 aliphatic rings. The number of likely N-dealkylation sites (N-methyl/N-ethyl adjacent to an activating group) is 1. The SMILES string of the molecule is Cc1cccc(OC(C)C(=O)N(C)Cc2cc([N+](=O)[O-])ccc2Cl)c1. The van der Waals surface area contributed by atoms with Crippen LogP contribution in [0.3, 0.4) is 0 Å². The lowest BCUT2D eigenvalue weighted by Crippen LogP contribution is -2.37. The molecule has 0 heterocycles. The summed E-state index contributed by atoms with van der Waals surface area (Å²) in [5, 5.41) is 11.3. The van der Waals surface area contributed by atoms with Crippen LogP contribution in [0.4, 0.5) is 5.69 Å². The second kappa shape index (κ2) is 7.98. The van der Waals surface area contributed by atoms with Gasteiger partial charge in [0, 0.05) is 30.7 Å². The zero-order chi connectivity index (χ0) is 18.6. The first-order valence-electron chi connectivity index (χ1n) is 7.69. The van der Waals surface area contributed by atoms with E-state index in [9.17, 15) is 14.9 Å². The molecule has 1 unspecified atom stereocenters. The van der Waals surface area contributed by atoms with Gasteiger partial charge in [0.15, 0.2) is 6.10 Å². The fourth-order valence-corrected chi connectivity index (χ4v) is 2.56. The quantitative estimate of drug-likeness (QED) is 0.575. The highest BCUT2D eigenvalue weighted by Crippen LogP contribution is 2.23. The average Bonchev–Trinajstić information content (AvgIpc) is 2.55. The summed E-state index contributed by atoms with van der Waals surface area (Å²) in [7, 11) is 1.60. The van der Waals surface area contributed by atoms with Crippen LogP contribution in [0, 0.1) is 17.0 Å². The molecule has 0 radical (unpaired) electrons. The third-order valence-electron chi connectivity index (χ3n) is 3.67. The van der Waals surface area contributed by atoms with Crippen molar-refractivity contribution in [3.8, 4) is 5.75 Å². The highest BCUT2D eigenvalue weighted by Gasteiger charge is 2.21. The lowest BCUT2D eigenvalue weighted by Gasteiger charge is -2.22. The molecule has 0 saturated heterocycles. The van der Waals surface area contributed by atoms with Gasteiger partial charge in [-0.15, -0.1) is 0 Å². The van der Waals surface area contributed by atoms with Crippen LogP contribution in [-0.4, -0.2) is 28.9 Å². The van der Waals surface area contributed by atoms with Gasteiger partial charge in [-0.1, -0.05) is 23.7 Å². The van der Waals surface area contributed by atoms with Crippen molar-refractivity contribution in [2.45, 2.75) is 26.5 Å². The summed E-state index contributed by atoms with van der Waals surface area (Å²) in [6.45, 7) is 3.76. The molecular weight excluding hydrogens is 344 g/mol. The van der Waals surface area contributed by atoms with Crippen molar-refractivity contribution in [3.63, 3.8) is 0 Å². The first kappa shape index (κ1) is 18.7. The molecule has 132 valence electrons. The Morgan fingerprint density at radius 2 is 2.04 bits per heavy atom. The maximum absolute atomic E-state index is 12.5. The number of nitro benzene ring substituents is 1. The van der Waals surface area contributed by atoms with Crippen molar-refractivity contribution < 1.29 is 14.5 Å². The van der Waals surface area contributed by atoms with E-state index in [4.69, 9.17) is 16.3 Å². The summed E-state index contributed by atoms with van der Waals surface area (Å²) in [5.41, 5.74) is 1.48. The first-order valence-corrected chi connectivity index (χ1v) is 8.07. The van der Waals surface area contributed by atoms with Gasteiger partial charge in [-0.05, 0) is 43.2 Å². The molecule has 25 heavy (non-hydrogen) atoms. The number of benzene rings is 2. The van der Waals surface area contributed by atoms with Crippen LogP contribution in [0.5, 0.6) is 5.75 Å². The van der Waals surface area contributed by atoms with Gasteiger partial charge in [0.05, 0.1) is 4.92 Å². The van der Waals surface area contributed by atoms with Crippen LogP contribution in [-0.2, 0) is 11.3 Å². The topological polar surface area (TPSA) is 72.7 Å². The van der Waals surface area contributed by atoms with Gasteiger partial charge in [0.2, 0.25) is 0 Å². The van der Waals surface area contributed by atoms with Crippen molar-refractivity contribution in [1.29, 1.82) is 0 Å². The Hall–Kier alpha value is -2.60. The molecule has 0 saturated carbocycles. The number of amides is 1. The van der Waals surface area contributed by atoms with E-state index in [2.05, 4.69) is 0 Å². The Morgan fingerprint density at radius 3 is 2.68 bits per heavy atom. The number of halogens is 1. The third kappa shape index (κ3) is 4.93. The van der Waals surface area contributed by atoms with Crippen LogP contribution in [0.2, 0.25) is 5.02 Å². The summed E-state index contributed by atoms with van der Waals surface area (Å²) in [6.07, 6.45) is -0.690. The highest BCUT2D eigenvalue weighted by atomic mass is 35.5. The molecule has 7 heteroatoms. The number of aryl methyl sites for hydroxylation is 1. The van der Waals surface area contributed by atoms with E-state index in [0.717, 1.165) is 5.56 Å². The van der Waals surface area contributed by atoms with Crippen molar-refractivity contribution in [2.75, 3.05) is 7.05 Å². The molecule has 2 aromatic carbocycles. The number of nitrogens with zero attached hydrogens (tertiary/aromatic N) is 2. The predicted octanol–water partition coefficient (Wildman–Crippen LogP) is 3.98. The molecule has 0 spiro atoms. The maximum atomic E-state index is 12.5. The lowest BCUT2D eigenvalue weighted by molar-refractivity contribution is -0.384. The number of hydrogen-bond donors (Lipinski definition) is 0. The van der Waals surface area contributed by atoms with Gasteiger partial charge in [-0.2, -0.15) is 0 Å². The van der Waals surface area contributed by atoms with Crippen LogP contribution in [0.1, 0.15) is 18.1 Å². The van der Waals surface area contributed by atoms with Crippen molar-refractivity contribution >= 4 is 23.2 Å². The van der Waals surface area contributed by atoms with Crippen molar-refractivity contribution in [2.24, 2.45) is 0 Å². The molecule has 2 aromatic rings. The molecule has 1 amide bonds. The maximum Gasteiger partial charge on any atom is 0.269 e. The van der Waals surface area contributed by atoms with E-state index >= 15 is 0 Å². The zero-order valence-electron chi connectivity index (χ0n) is 14.2. The fourth-order valence-electron chi connectivity index (χ4n) is 2.38.